The largest absolute Gasteiger partial charge is 0.477 e. The molecule has 13 aromatic rings. The molecule has 10 aliphatic rings. The molecular weight excluding hydrogens is 1840 g/mol. The summed E-state index contributed by atoms with van der Waals surface area (Å²) in [6.07, 6.45) is 13.1. The van der Waals surface area contributed by atoms with Crippen molar-refractivity contribution < 1.29 is 73.2 Å². The zero-order valence-corrected chi connectivity index (χ0v) is 79.3. The number of nitrogens with zero attached hydrogens (tertiary/aromatic N) is 17. The Labute approximate surface area is 809 Å². The number of ether oxygens (including phenoxy) is 1. The minimum atomic E-state index is -1.13. The Bertz CT molecular complexity index is 7370. The quantitative estimate of drug-likeness (QED) is 0.0229. The van der Waals surface area contributed by atoms with Crippen LogP contribution in [0.15, 0.2) is 158 Å². The number of nitrogens with two attached hydrogens (primary N) is 1. The number of aliphatic hydroxyl groups is 1. The van der Waals surface area contributed by atoms with E-state index in [0.717, 1.165) is 85.6 Å². The SMILES string of the molecule is CC1(C)[C@H]2CC[C@]1(C#N)c1nnc(-c3c(F)cccc3F)cc12.CC1(C)[C@H]2CC[C@]1(C(=N)N)c1nnc(-c3c(F)cccc3F)cc12.CC1(C)[C@H]2CC[C@]1(c1nccc(C(=O)CCCO)n1)c1nnc(-c3c(F)cccc3F)cc12.CC1(C)[C@H]2CC[C@]1(c1nccc(C(=O)O)n1)c1nnc(-c3c(F)cccc3F)cc12.CCOC(=O)c1ccnc([C@@]23CC[C@@H](c4cc(-c5c(F)cccc5F)nnc42)C3(C)C)n1. The van der Waals surface area contributed by atoms with Crippen LogP contribution in [0.3, 0.4) is 0 Å². The molecule has 10 atom stereocenters. The average molecular weight is 1940 g/mol. The van der Waals surface area contributed by atoms with E-state index in [1.165, 1.54) is 109 Å². The molecule has 0 aliphatic heterocycles. The van der Waals surface area contributed by atoms with Gasteiger partial charge in [0.1, 0.15) is 92.6 Å². The van der Waals surface area contributed by atoms with Crippen LogP contribution in [0.4, 0.5) is 43.9 Å². The summed E-state index contributed by atoms with van der Waals surface area (Å²) in [4.78, 5) is 63.3. The van der Waals surface area contributed by atoms with Crippen molar-refractivity contribution in [1.82, 2.24) is 80.9 Å². The molecule has 5 saturated carbocycles. The highest BCUT2D eigenvalue weighted by Crippen LogP contribution is 2.74. The summed E-state index contributed by atoms with van der Waals surface area (Å²) in [6, 6.07) is 34.2. The van der Waals surface area contributed by atoms with Crippen LogP contribution in [-0.2, 0) is 31.8 Å². The average Bonchev–Trinajstić information content (AvgIpc) is 1.52. The molecule has 0 saturated heterocycles. The van der Waals surface area contributed by atoms with Crippen LogP contribution in [-0.4, -0.2) is 128 Å². The fourth-order valence-electron chi connectivity index (χ4n) is 25.9. The Hall–Kier alpha value is -14.4. The normalized spacial score (nSPS) is 24.0. The van der Waals surface area contributed by atoms with Gasteiger partial charge in [-0.25, -0.2) is 83.4 Å². The number of rotatable bonds is 16. The van der Waals surface area contributed by atoms with Gasteiger partial charge in [0.25, 0.3) is 0 Å². The van der Waals surface area contributed by atoms with Crippen LogP contribution in [0, 0.1) is 102 Å². The zero-order chi connectivity index (χ0) is 101. The highest BCUT2D eigenvalue weighted by atomic mass is 19.2. The number of halogens is 10. The first-order chi connectivity index (χ1) is 67.6. The molecule has 8 aromatic heterocycles. The molecule has 10 aliphatic carbocycles. The summed E-state index contributed by atoms with van der Waals surface area (Å²) in [5, 5.41) is 78.9. The number of nitriles is 1. The van der Waals surface area contributed by atoms with Crippen molar-refractivity contribution in [2.45, 2.75) is 210 Å². The maximum Gasteiger partial charge on any atom is 0.357 e. The van der Waals surface area contributed by atoms with Gasteiger partial charge in [-0.2, -0.15) is 30.8 Å². The molecule has 8 heterocycles. The van der Waals surface area contributed by atoms with Crippen LogP contribution in [0.1, 0.15) is 288 Å². The van der Waals surface area contributed by atoms with Gasteiger partial charge in [-0.3, -0.25) is 10.2 Å². The van der Waals surface area contributed by atoms with E-state index in [2.05, 4.69) is 156 Å². The first kappa shape index (κ1) is 96.4. The third kappa shape index (κ3) is 14.1. The van der Waals surface area contributed by atoms with Gasteiger partial charge < -0.3 is 20.7 Å². The summed E-state index contributed by atoms with van der Waals surface area (Å²) >= 11 is 0. The standard InChI is InChI=1S/C25H24F2N4O2.C24H22F2N4O2.C22H18F2N4O2.C18H18F2N4.C18H15F2N3/c1-24(2)15-8-10-25(24,23-28-11-9-18(29-23)20(33)7-4-12-32)22-14(15)13-19(30-31-22)21-16(26)5-3-6-17(21)27;1-4-32-21(31)17-9-11-27-22(28-17)24-10-8-14(23(24,2)3)13-12-18(29-30-20(13)24)19-15(25)6-5-7-16(19)26;1-21(2)12-6-8-22(21,20-25-9-7-15(26-20)19(29)30)18-11(12)10-16(27-28-18)17-13(23)4-3-5-14(17)24;1-17(2)10-6-7-18(17,16(21)22)15-9(10)8-13(23-24-15)14-11(19)4-3-5-12(14)20;1-17(2)11-6-7-18(17,9-21)16-10(11)8-14(22-23-16)15-12(19)4-3-5-13(15)20/h3,5-6,9,11,13,15,32H,4,7-8,10,12H2,1-2H3;5-7,9,11-12,14H,4,8,10H2,1-3H3;3-5,7,9-10,12H,6,8H2,1-2H3,(H,29,30);3-5,8,10H,6-7H2,1-2H3,(H3,21,22);3-5,8,11H,6-7H2,1-2H3/t15-,25+;14-,24+;12-,22+;10-,18+;11-,18-/m00000/s1. The van der Waals surface area contributed by atoms with E-state index in [9.17, 15) is 68.7 Å². The number of hydrogen-bond acceptors (Lipinski definition) is 23. The zero-order valence-electron chi connectivity index (χ0n) is 79.3. The number of Topliss-reactive ketones (excluding diaryl/α,β-unsaturated/α-hetero) is 1. The lowest BCUT2D eigenvalue weighted by molar-refractivity contribution is 0.0517. The summed E-state index contributed by atoms with van der Waals surface area (Å²) in [7, 11) is 0. The van der Waals surface area contributed by atoms with Gasteiger partial charge in [0.2, 0.25) is 0 Å². The number of ketones is 1. The van der Waals surface area contributed by atoms with Crippen molar-refractivity contribution >= 4 is 23.6 Å². The number of hydrogen-bond donors (Lipinski definition) is 4. The Morgan fingerprint density at radius 1 is 0.401 bits per heavy atom. The summed E-state index contributed by atoms with van der Waals surface area (Å²) < 4.78 is 147. The van der Waals surface area contributed by atoms with Crippen LogP contribution < -0.4 is 5.73 Å². The van der Waals surface area contributed by atoms with Crippen LogP contribution in [0.2, 0.25) is 0 Å². The van der Waals surface area contributed by atoms with Crippen molar-refractivity contribution in [3.63, 3.8) is 0 Å². The number of fused-ring (bicyclic) bond motifs is 25. The first-order valence-corrected chi connectivity index (χ1v) is 47.0. The number of aliphatic hydroxyl groups excluding tert-OH is 1. The lowest BCUT2D eigenvalue weighted by Gasteiger charge is -2.36. The maximum atomic E-state index is 14.4. The van der Waals surface area contributed by atoms with Gasteiger partial charge in [-0.15, -0.1) is 25.5 Å². The van der Waals surface area contributed by atoms with Crippen LogP contribution in [0.5, 0.6) is 0 Å². The predicted molar refractivity (Wildman–Crippen MR) is 499 cm³/mol. The van der Waals surface area contributed by atoms with E-state index in [0.29, 0.717) is 64.5 Å². The minimum absolute atomic E-state index is 0.0593. The Kier molecular flexibility index (Phi) is 23.8. The van der Waals surface area contributed by atoms with Crippen LogP contribution >= 0.6 is 0 Å². The predicted octanol–water partition coefficient (Wildman–Crippen LogP) is 20.7. The van der Waals surface area contributed by atoms with Crippen molar-refractivity contribution in [1.29, 1.82) is 10.7 Å². The van der Waals surface area contributed by atoms with E-state index in [1.54, 1.807) is 55.7 Å². The van der Waals surface area contributed by atoms with Gasteiger partial charge in [-0.1, -0.05) is 99.6 Å². The second-order valence-electron chi connectivity index (χ2n) is 40.8. The van der Waals surface area contributed by atoms with E-state index < -0.39 is 97.2 Å². The molecule has 0 unspecified atom stereocenters. The monoisotopic (exact) mass is 1930 g/mol. The first-order valence-electron chi connectivity index (χ1n) is 47.0. The molecule has 0 radical (unpaired) electrons. The number of aromatic nitrogens is 16. The van der Waals surface area contributed by atoms with Crippen molar-refractivity contribution in [3.05, 3.63) is 307 Å². The number of benzene rings is 5. The van der Waals surface area contributed by atoms with E-state index in [-0.39, 0.29) is 156 Å². The molecule has 23 rings (SSSR count). The van der Waals surface area contributed by atoms with Crippen molar-refractivity contribution in [2.75, 3.05) is 13.2 Å². The molecule has 0 spiro atoms. The molecule has 726 valence electrons. The lowest BCUT2D eigenvalue weighted by atomic mass is 9.67. The summed E-state index contributed by atoms with van der Waals surface area (Å²) in [5.41, 5.74) is 9.44. The molecule has 25 nitrogen and oxygen atoms in total. The molecule has 5 fully saturated rings. The number of carboxylic acids is 1. The Morgan fingerprint density at radius 2 is 0.690 bits per heavy atom. The van der Waals surface area contributed by atoms with E-state index >= 15 is 0 Å². The number of carbonyl (C=O) groups is 3. The van der Waals surface area contributed by atoms with Gasteiger partial charge in [0.15, 0.2) is 17.2 Å². The van der Waals surface area contributed by atoms with E-state index in [4.69, 9.17) is 21.0 Å². The second kappa shape index (κ2) is 35.1. The lowest BCUT2D eigenvalue weighted by Crippen LogP contribution is -2.47. The van der Waals surface area contributed by atoms with Gasteiger partial charge >= 0.3 is 11.9 Å². The molecule has 0 amide bonds. The molecule has 142 heavy (non-hydrogen) atoms. The second-order valence-corrected chi connectivity index (χ2v) is 40.8. The van der Waals surface area contributed by atoms with Gasteiger partial charge in [-0.05, 0) is 271 Å². The molecule has 35 heteroatoms. The van der Waals surface area contributed by atoms with Gasteiger partial charge in [0, 0.05) is 31.6 Å². The topological polar surface area (TPSA) is 381 Å². The smallest absolute Gasteiger partial charge is 0.357 e. The van der Waals surface area contributed by atoms with Crippen LogP contribution in [0.25, 0.3) is 56.3 Å². The van der Waals surface area contributed by atoms with Crippen molar-refractivity contribution in [3.8, 4) is 62.4 Å². The number of carboxylic acid groups (broad SMARTS) is 1. The fraction of sp³-hybridized carbons (Fsp3) is 0.374. The highest BCUT2D eigenvalue weighted by molar-refractivity contribution is 5.94. The Morgan fingerprint density at radius 3 is 1.03 bits per heavy atom. The van der Waals surface area contributed by atoms with E-state index in [1.807, 2.05) is 0 Å². The number of nitrogens with one attached hydrogen (secondary N) is 1. The molecule has 5 aromatic carbocycles. The number of amidine groups is 1. The van der Waals surface area contributed by atoms with Gasteiger partial charge in [0.05, 0.1) is 119 Å². The molecule has 10 bridgehead atoms. The summed E-state index contributed by atoms with van der Waals surface area (Å²) in [6.45, 7) is 22.9. The summed E-state index contributed by atoms with van der Waals surface area (Å²) in [5.74, 6) is -6.45. The molecule has 5 N–H and O–H groups in total. The molecular formula is C107H97F10N19O6. The maximum absolute atomic E-state index is 14.4. The minimum Gasteiger partial charge on any atom is -0.477 e. The third-order valence-electron chi connectivity index (χ3n) is 33.3. The number of esters is 1. The Balaban J connectivity index is 0.000000113. The fourth-order valence-corrected chi connectivity index (χ4v) is 25.9. The number of aromatic carboxylic acids is 1. The highest BCUT2D eigenvalue weighted by Gasteiger charge is 2.71. The third-order valence-corrected chi connectivity index (χ3v) is 33.3. The van der Waals surface area contributed by atoms with Crippen molar-refractivity contribution in [2.24, 2.45) is 32.8 Å². The number of carbonyl (C=O) groups excluding carboxylic acids is 2.